The third kappa shape index (κ3) is 5.98. The predicted molar refractivity (Wildman–Crippen MR) is 125 cm³/mol. The summed E-state index contributed by atoms with van der Waals surface area (Å²) in [6.45, 7) is 3.11. The highest BCUT2D eigenvalue weighted by molar-refractivity contribution is 7.13. The van der Waals surface area contributed by atoms with Crippen molar-refractivity contribution in [3.63, 3.8) is 0 Å². The Morgan fingerprint density at radius 2 is 1.81 bits per heavy atom. The van der Waals surface area contributed by atoms with E-state index in [1.807, 2.05) is 36.4 Å². The number of nitrogens with zero attached hydrogens (tertiary/aromatic N) is 2. The van der Waals surface area contributed by atoms with Crippen LogP contribution in [0.4, 0.5) is 0 Å². The van der Waals surface area contributed by atoms with Gasteiger partial charge in [0.05, 0.1) is 5.69 Å². The Hall–Kier alpha value is -3.06. The maximum Gasteiger partial charge on any atom is 0.124 e. The van der Waals surface area contributed by atoms with Crippen LogP contribution in [0, 0.1) is 6.92 Å². The lowest BCUT2D eigenvalue weighted by molar-refractivity contribution is 0.130. The number of aromatic nitrogens is 2. The average molecular weight is 432 g/mol. The van der Waals surface area contributed by atoms with Crippen LogP contribution >= 0.6 is 11.3 Å². The second-order valence-electron chi connectivity index (χ2n) is 7.31. The highest BCUT2D eigenvalue weighted by Gasteiger charge is 2.08. The maximum atomic E-state index is 10.1. The summed E-state index contributed by atoms with van der Waals surface area (Å²) >= 11 is 1.64. The standard InChI is InChI=1S/C25H25N3O2S/c1-18-4-6-20(7-5-18)23-17-31-25(28-23)21-8-10-22(11-9-21)30-14-13-27-24(29)15-19-3-2-12-26-16-19/h2-12,16-17,24,27,29H,13-15H2,1H3/t24-/m1/s1. The van der Waals surface area contributed by atoms with E-state index in [0.717, 1.165) is 33.1 Å². The summed E-state index contributed by atoms with van der Waals surface area (Å²) in [4.78, 5) is 8.83. The molecule has 0 spiro atoms. The van der Waals surface area contributed by atoms with Gasteiger partial charge in [0.15, 0.2) is 0 Å². The van der Waals surface area contributed by atoms with Gasteiger partial charge in [-0.3, -0.25) is 10.3 Å². The monoisotopic (exact) mass is 431 g/mol. The Balaban J connectivity index is 1.25. The first-order valence-electron chi connectivity index (χ1n) is 10.2. The largest absolute Gasteiger partial charge is 0.492 e. The lowest BCUT2D eigenvalue weighted by Crippen LogP contribution is -2.34. The Morgan fingerprint density at radius 1 is 1.03 bits per heavy atom. The second kappa shape index (κ2) is 10.3. The van der Waals surface area contributed by atoms with Crippen molar-refractivity contribution in [1.29, 1.82) is 0 Å². The molecule has 31 heavy (non-hydrogen) atoms. The quantitative estimate of drug-likeness (QED) is 0.297. The Morgan fingerprint density at radius 3 is 2.55 bits per heavy atom. The van der Waals surface area contributed by atoms with E-state index in [1.165, 1.54) is 5.56 Å². The minimum atomic E-state index is -0.622. The molecule has 1 atom stereocenters. The van der Waals surface area contributed by atoms with E-state index < -0.39 is 6.23 Å². The van der Waals surface area contributed by atoms with E-state index in [1.54, 1.807) is 23.7 Å². The van der Waals surface area contributed by atoms with Crippen molar-refractivity contribution in [3.8, 4) is 27.6 Å². The Bertz CT molecular complexity index is 1080. The van der Waals surface area contributed by atoms with Gasteiger partial charge in [0, 0.05) is 41.9 Å². The number of hydrogen-bond donors (Lipinski definition) is 2. The van der Waals surface area contributed by atoms with Crippen LogP contribution in [0.1, 0.15) is 11.1 Å². The average Bonchev–Trinajstić information content (AvgIpc) is 3.29. The summed E-state index contributed by atoms with van der Waals surface area (Å²) in [6.07, 6.45) is 3.37. The summed E-state index contributed by atoms with van der Waals surface area (Å²) < 4.78 is 5.78. The number of aliphatic hydroxyl groups is 1. The molecule has 4 aromatic rings. The van der Waals surface area contributed by atoms with Crippen LogP contribution in [-0.4, -0.2) is 34.5 Å². The predicted octanol–water partition coefficient (Wildman–Crippen LogP) is 4.71. The van der Waals surface area contributed by atoms with E-state index in [4.69, 9.17) is 9.72 Å². The molecule has 4 rings (SSSR count). The van der Waals surface area contributed by atoms with Crippen molar-refractivity contribution in [2.24, 2.45) is 0 Å². The fourth-order valence-corrected chi connectivity index (χ4v) is 4.00. The smallest absolute Gasteiger partial charge is 0.124 e. The van der Waals surface area contributed by atoms with Gasteiger partial charge >= 0.3 is 0 Å². The number of pyridine rings is 1. The molecule has 0 fully saturated rings. The van der Waals surface area contributed by atoms with Crippen LogP contribution < -0.4 is 10.1 Å². The number of aliphatic hydroxyl groups excluding tert-OH is 1. The second-order valence-corrected chi connectivity index (χ2v) is 8.17. The van der Waals surface area contributed by atoms with Crippen molar-refractivity contribution >= 4 is 11.3 Å². The number of hydrogen-bond acceptors (Lipinski definition) is 6. The topological polar surface area (TPSA) is 67.3 Å². The van der Waals surface area contributed by atoms with Gasteiger partial charge in [-0.15, -0.1) is 11.3 Å². The maximum absolute atomic E-state index is 10.1. The molecule has 2 aromatic heterocycles. The molecule has 2 aromatic carbocycles. The molecule has 0 saturated heterocycles. The molecule has 0 aliphatic heterocycles. The lowest BCUT2D eigenvalue weighted by Gasteiger charge is -2.13. The summed E-state index contributed by atoms with van der Waals surface area (Å²) in [7, 11) is 0. The van der Waals surface area contributed by atoms with Crippen molar-refractivity contribution < 1.29 is 9.84 Å². The van der Waals surface area contributed by atoms with Gasteiger partial charge in [-0.05, 0) is 42.8 Å². The number of aryl methyl sites for hydroxylation is 1. The summed E-state index contributed by atoms with van der Waals surface area (Å²) in [5.41, 5.74) is 5.43. The van der Waals surface area contributed by atoms with E-state index in [2.05, 4.69) is 46.9 Å². The fourth-order valence-electron chi connectivity index (χ4n) is 3.17. The summed E-state index contributed by atoms with van der Waals surface area (Å²) in [5, 5.41) is 16.2. The number of nitrogens with one attached hydrogen (secondary N) is 1. The van der Waals surface area contributed by atoms with Gasteiger partial charge in [0.1, 0.15) is 23.6 Å². The molecular formula is C25H25N3O2S. The molecular weight excluding hydrogens is 406 g/mol. The van der Waals surface area contributed by atoms with Crippen molar-refractivity contribution in [2.45, 2.75) is 19.6 Å². The Labute approximate surface area is 186 Å². The van der Waals surface area contributed by atoms with Crippen molar-refractivity contribution in [3.05, 3.63) is 89.6 Å². The third-order valence-corrected chi connectivity index (χ3v) is 5.75. The van der Waals surface area contributed by atoms with Crippen LogP contribution in [0.25, 0.3) is 21.8 Å². The van der Waals surface area contributed by atoms with Crippen molar-refractivity contribution in [1.82, 2.24) is 15.3 Å². The SMILES string of the molecule is Cc1ccc(-c2csc(-c3ccc(OCCN[C@H](O)Cc4cccnc4)cc3)n2)cc1. The molecule has 0 amide bonds. The van der Waals surface area contributed by atoms with E-state index in [0.29, 0.717) is 19.6 Å². The first-order chi connectivity index (χ1) is 15.2. The highest BCUT2D eigenvalue weighted by atomic mass is 32.1. The number of rotatable bonds is 9. The van der Waals surface area contributed by atoms with Crippen LogP contribution in [0.5, 0.6) is 5.75 Å². The molecule has 2 N–H and O–H groups in total. The summed E-state index contributed by atoms with van der Waals surface area (Å²) in [5.74, 6) is 0.794. The Kier molecular flexibility index (Phi) is 7.04. The van der Waals surface area contributed by atoms with Gasteiger partial charge in [0.25, 0.3) is 0 Å². The molecule has 0 unspecified atom stereocenters. The van der Waals surface area contributed by atoms with E-state index >= 15 is 0 Å². The van der Waals surface area contributed by atoms with Crippen LogP contribution in [0.15, 0.2) is 78.4 Å². The van der Waals surface area contributed by atoms with Crippen LogP contribution in [0.3, 0.4) is 0 Å². The van der Waals surface area contributed by atoms with Gasteiger partial charge < -0.3 is 9.84 Å². The molecule has 2 heterocycles. The first kappa shape index (κ1) is 21.2. The molecule has 5 nitrogen and oxygen atoms in total. The van der Waals surface area contributed by atoms with E-state index in [-0.39, 0.29) is 0 Å². The first-order valence-corrected chi connectivity index (χ1v) is 11.1. The van der Waals surface area contributed by atoms with Crippen LogP contribution in [-0.2, 0) is 6.42 Å². The fraction of sp³-hybridized carbons (Fsp3) is 0.200. The zero-order chi connectivity index (χ0) is 21.5. The minimum absolute atomic E-state index is 0.471. The van der Waals surface area contributed by atoms with Gasteiger partial charge in [-0.1, -0.05) is 35.9 Å². The number of ether oxygens (including phenoxy) is 1. The molecule has 0 saturated carbocycles. The van der Waals surface area contributed by atoms with Gasteiger partial charge in [-0.25, -0.2) is 4.98 Å². The highest BCUT2D eigenvalue weighted by Crippen LogP contribution is 2.30. The summed E-state index contributed by atoms with van der Waals surface area (Å²) in [6, 6.07) is 20.2. The minimum Gasteiger partial charge on any atom is -0.492 e. The number of thiazole rings is 1. The normalized spacial score (nSPS) is 11.9. The van der Waals surface area contributed by atoms with E-state index in [9.17, 15) is 5.11 Å². The molecule has 6 heteroatoms. The molecule has 0 radical (unpaired) electrons. The zero-order valence-electron chi connectivity index (χ0n) is 17.4. The molecule has 0 bridgehead atoms. The van der Waals surface area contributed by atoms with Crippen LogP contribution in [0.2, 0.25) is 0 Å². The van der Waals surface area contributed by atoms with Gasteiger partial charge in [-0.2, -0.15) is 0 Å². The zero-order valence-corrected chi connectivity index (χ0v) is 18.2. The molecule has 158 valence electrons. The lowest BCUT2D eigenvalue weighted by atomic mass is 10.1. The molecule has 0 aliphatic rings. The van der Waals surface area contributed by atoms with Crippen molar-refractivity contribution in [2.75, 3.05) is 13.2 Å². The third-order valence-electron chi connectivity index (χ3n) is 4.86. The number of benzene rings is 2. The van der Waals surface area contributed by atoms with Gasteiger partial charge in [0.2, 0.25) is 0 Å². The molecule has 0 aliphatic carbocycles.